The van der Waals surface area contributed by atoms with E-state index in [0.717, 1.165) is 19.4 Å². The van der Waals surface area contributed by atoms with Gasteiger partial charge in [-0.05, 0) is 18.9 Å². The van der Waals surface area contributed by atoms with Gasteiger partial charge in [0.25, 0.3) is 0 Å². The molecule has 1 atom stereocenters. The lowest BCUT2D eigenvalue weighted by molar-refractivity contribution is -0.136. The van der Waals surface area contributed by atoms with E-state index in [1.807, 2.05) is 0 Å². The lowest BCUT2D eigenvalue weighted by atomic mass is 10.1. The molecule has 1 N–H and O–H groups in total. The third-order valence-corrected chi connectivity index (χ3v) is 3.02. The molecule has 104 valence electrons. The number of carboxylic acid groups (broad SMARTS) is 1. The normalized spacial score (nSPS) is 18.9. The number of carbonyl (C=O) groups is 1. The van der Waals surface area contributed by atoms with Gasteiger partial charge < -0.3 is 19.3 Å². The van der Waals surface area contributed by atoms with Crippen LogP contribution in [0.2, 0.25) is 0 Å². The number of para-hydroxylation sites is 1. The van der Waals surface area contributed by atoms with Crippen LogP contribution in [0, 0.1) is 0 Å². The highest BCUT2D eigenvalue weighted by atomic mass is 16.5. The number of benzene rings is 1. The van der Waals surface area contributed by atoms with E-state index >= 15 is 0 Å². The molecule has 0 amide bonds. The van der Waals surface area contributed by atoms with E-state index in [0.29, 0.717) is 23.7 Å². The molecule has 1 saturated heterocycles. The molecule has 0 radical (unpaired) electrons. The van der Waals surface area contributed by atoms with Crippen molar-refractivity contribution in [2.24, 2.45) is 0 Å². The Balaban J connectivity index is 2.16. The van der Waals surface area contributed by atoms with Gasteiger partial charge in [-0.1, -0.05) is 12.1 Å². The highest BCUT2D eigenvalue weighted by Crippen LogP contribution is 2.33. The van der Waals surface area contributed by atoms with Gasteiger partial charge in [0.1, 0.15) is 6.10 Å². The van der Waals surface area contributed by atoms with Gasteiger partial charge in [0.2, 0.25) is 0 Å². The molecule has 1 aliphatic heterocycles. The fraction of sp³-hybridized carbons (Fsp3) is 0.500. The van der Waals surface area contributed by atoms with Crippen molar-refractivity contribution >= 4 is 5.97 Å². The maximum atomic E-state index is 10.8. The maximum absolute atomic E-state index is 10.8. The summed E-state index contributed by atoms with van der Waals surface area (Å²) >= 11 is 0. The summed E-state index contributed by atoms with van der Waals surface area (Å²) < 4.78 is 16.5. The molecule has 1 aromatic rings. The van der Waals surface area contributed by atoms with Gasteiger partial charge in [-0.2, -0.15) is 0 Å². The van der Waals surface area contributed by atoms with Gasteiger partial charge in [0.15, 0.2) is 11.5 Å². The third-order valence-electron chi connectivity index (χ3n) is 3.02. The Morgan fingerprint density at radius 3 is 3.00 bits per heavy atom. The molecule has 0 aromatic heterocycles. The number of aliphatic carboxylic acids is 1. The first-order chi connectivity index (χ1) is 9.20. The molecule has 0 aliphatic carbocycles. The summed E-state index contributed by atoms with van der Waals surface area (Å²) in [4.78, 5) is 10.8. The van der Waals surface area contributed by atoms with Crippen molar-refractivity contribution in [3.05, 3.63) is 23.8 Å². The summed E-state index contributed by atoms with van der Waals surface area (Å²) in [6.07, 6.45) is 1.83. The Labute approximate surface area is 112 Å². The monoisotopic (exact) mass is 266 g/mol. The van der Waals surface area contributed by atoms with Crippen molar-refractivity contribution < 1.29 is 24.1 Å². The zero-order valence-electron chi connectivity index (χ0n) is 10.9. The first kappa shape index (κ1) is 13.7. The molecule has 1 fully saturated rings. The third kappa shape index (κ3) is 3.61. The SMILES string of the molecule is COc1c(CC(=O)O)cccc1OC1CCCOC1. The van der Waals surface area contributed by atoms with Gasteiger partial charge in [0.05, 0.1) is 20.1 Å². The second-order valence-corrected chi connectivity index (χ2v) is 4.48. The number of carboxylic acids is 1. The van der Waals surface area contributed by atoms with E-state index in [-0.39, 0.29) is 12.5 Å². The Bertz CT molecular complexity index is 437. The van der Waals surface area contributed by atoms with Crippen LogP contribution in [-0.2, 0) is 16.0 Å². The largest absolute Gasteiger partial charge is 0.493 e. The average Bonchev–Trinajstić information content (AvgIpc) is 2.39. The topological polar surface area (TPSA) is 65.0 Å². The molecule has 0 bridgehead atoms. The van der Waals surface area contributed by atoms with E-state index in [1.165, 1.54) is 7.11 Å². The van der Waals surface area contributed by atoms with Crippen molar-refractivity contribution in [1.82, 2.24) is 0 Å². The number of hydrogen-bond donors (Lipinski definition) is 1. The lowest BCUT2D eigenvalue weighted by Crippen LogP contribution is -2.28. The van der Waals surface area contributed by atoms with Crippen molar-refractivity contribution in [3.63, 3.8) is 0 Å². The van der Waals surface area contributed by atoms with E-state index < -0.39 is 5.97 Å². The quantitative estimate of drug-likeness (QED) is 0.881. The molecule has 1 unspecified atom stereocenters. The summed E-state index contributed by atoms with van der Waals surface area (Å²) in [7, 11) is 1.52. The van der Waals surface area contributed by atoms with Crippen LogP contribution in [0.15, 0.2) is 18.2 Å². The molecule has 5 nitrogen and oxygen atoms in total. The van der Waals surface area contributed by atoms with Gasteiger partial charge in [-0.15, -0.1) is 0 Å². The number of rotatable bonds is 5. The molecule has 2 rings (SSSR count). The molecule has 0 saturated carbocycles. The van der Waals surface area contributed by atoms with Crippen molar-refractivity contribution in [2.75, 3.05) is 20.3 Å². The second kappa shape index (κ2) is 6.43. The highest BCUT2D eigenvalue weighted by Gasteiger charge is 2.19. The molecule has 1 aromatic carbocycles. The van der Waals surface area contributed by atoms with Crippen LogP contribution in [-0.4, -0.2) is 37.5 Å². The lowest BCUT2D eigenvalue weighted by Gasteiger charge is -2.24. The minimum Gasteiger partial charge on any atom is -0.493 e. The highest BCUT2D eigenvalue weighted by molar-refractivity contribution is 5.72. The van der Waals surface area contributed by atoms with Crippen LogP contribution in [0.25, 0.3) is 0 Å². The number of methoxy groups -OCH3 is 1. The van der Waals surface area contributed by atoms with Crippen molar-refractivity contribution in [1.29, 1.82) is 0 Å². The van der Waals surface area contributed by atoms with Crippen molar-refractivity contribution in [3.8, 4) is 11.5 Å². The van der Waals surface area contributed by atoms with Crippen LogP contribution in [0.1, 0.15) is 18.4 Å². The Hall–Kier alpha value is -1.75. The molecule has 1 aliphatic rings. The zero-order chi connectivity index (χ0) is 13.7. The fourth-order valence-corrected chi connectivity index (χ4v) is 2.17. The van der Waals surface area contributed by atoms with Crippen LogP contribution < -0.4 is 9.47 Å². The van der Waals surface area contributed by atoms with Crippen molar-refractivity contribution in [2.45, 2.75) is 25.4 Å². The average molecular weight is 266 g/mol. The van der Waals surface area contributed by atoms with Gasteiger partial charge in [-0.3, -0.25) is 4.79 Å². The summed E-state index contributed by atoms with van der Waals surface area (Å²) in [5.74, 6) is 0.184. The van der Waals surface area contributed by atoms with Crippen LogP contribution in [0.5, 0.6) is 11.5 Å². The second-order valence-electron chi connectivity index (χ2n) is 4.48. The molecule has 1 heterocycles. The standard InChI is InChI=1S/C14H18O5/c1-17-14-10(8-13(15)16)4-2-6-12(14)19-11-5-3-7-18-9-11/h2,4,6,11H,3,5,7-9H2,1H3,(H,15,16). The van der Waals surface area contributed by atoms with Crippen LogP contribution in [0.4, 0.5) is 0 Å². The predicted octanol–water partition coefficient (Wildman–Crippen LogP) is 1.88. The molecule has 5 heteroatoms. The predicted molar refractivity (Wildman–Crippen MR) is 68.8 cm³/mol. The first-order valence-corrected chi connectivity index (χ1v) is 6.32. The van der Waals surface area contributed by atoms with Gasteiger partial charge >= 0.3 is 5.97 Å². The molecule has 0 spiro atoms. The molecular weight excluding hydrogens is 248 g/mol. The van der Waals surface area contributed by atoms with Gasteiger partial charge in [0, 0.05) is 12.2 Å². The smallest absolute Gasteiger partial charge is 0.307 e. The van der Waals surface area contributed by atoms with E-state index in [1.54, 1.807) is 18.2 Å². The van der Waals surface area contributed by atoms with Gasteiger partial charge in [-0.25, -0.2) is 0 Å². The summed E-state index contributed by atoms with van der Waals surface area (Å²) in [5, 5.41) is 8.88. The van der Waals surface area contributed by atoms with Crippen LogP contribution >= 0.6 is 0 Å². The minimum absolute atomic E-state index is 0.00253. The fourth-order valence-electron chi connectivity index (χ4n) is 2.17. The summed E-state index contributed by atoms with van der Waals surface area (Å²) in [6.45, 7) is 1.34. The Kier molecular flexibility index (Phi) is 4.63. The Morgan fingerprint density at radius 1 is 1.53 bits per heavy atom. The summed E-state index contributed by atoms with van der Waals surface area (Å²) in [5.41, 5.74) is 0.615. The Morgan fingerprint density at radius 2 is 2.37 bits per heavy atom. The van der Waals surface area contributed by atoms with E-state index in [9.17, 15) is 4.79 Å². The molecular formula is C14H18O5. The zero-order valence-corrected chi connectivity index (χ0v) is 10.9. The van der Waals surface area contributed by atoms with E-state index in [2.05, 4.69) is 0 Å². The first-order valence-electron chi connectivity index (χ1n) is 6.32. The number of hydrogen-bond acceptors (Lipinski definition) is 4. The molecule has 19 heavy (non-hydrogen) atoms. The van der Waals surface area contributed by atoms with Crippen LogP contribution in [0.3, 0.4) is 0 Å². The number of ether oxygens (including phenoxy) is 3. The summed E-state index contributed by atoms with van der Waals surface area (Å²) in [6, 6.07) is 5.30. The van der Waals surface area contributed by atoms with E-state index in [4.69, 9.17) is 19.3 Å². The maximum Gasteiger partial charge on any atom is 0.307 e. The minimum atomic E-state index is -0.892.